The van der Waals surface area contributed by atoms with Gasteiger partial charge in [-0.3, -0.25) is 9.80 Å². The topological polar surface area (TPSA) is 45.7 Å². The minimum absolute atomic E-state index is 0.176. The third-order valence-corrected chi connectivity index (χ3v) is 6.35. The Balaban J connectivity index is 1.96. The van der Waals surface area contributed by atoms with E-state index in [-0.39, 0.29) is 12.1 Å². The summed E-state index contributed by atoms with van der Waals surface area (Å²) in [5.74, 6) is 0.826. The molecule has 0 spiro atoms. The van der Waals surface area contributed by atoms with Crippen LogP contribution in [0.2, 0.25) is 0 Å². The minimum atomic E-state index is -0.517. The standard InChI is InChI=1S/C25H41N3O2/c1-5-6-18-27-19-11-10-16-22(27)21-15-12-17-26-23(21)28(20-13-8-7-9-14-20)24(29)30-25(2,3)4/h12,15,17,20,22H,5-11,13-14,16,18-19H2,1-4H3/t22-/m0/s1. The number of anilines is 1. The molecule has 1 amide bonds. The van der Waals surface area contributed by atoms with E-state index < -0.39 is 5.60 Å². The first-order chi connectivity index (χ1) is 14.4. The summed E-state index contributed by atoms with van der Waals surface area (Å²) in [6, 6.07) is 4.73. The molecule has 1 aromatic heterocycles. The number of hydrogen-bond donors (Lipinski definition) is 0. The smallest absolute Gasteiger partial charge is 0.416 e. The lowest BCUT2D eigenvalue weighted by molar-refractivity contribution is 0.0555. The van der Waals surface area contributed by atoms with Crippen molar-refractivity contribution in [2.24, 2.45) is 0 Å². The second-order valence-corrected chi connectivity index (χ2v) is 9.96. The van der Waals surface area contributed by atoms with Gasteiger partial charge in [-0.1, -0.05) is 45.1 Å². The predicted octanol–water partition coefficient (Wildman–Crippen LogP) is 6.48. The number of ether oxygens (including phenoxy) is 1. The lowest BCUT2D eigenvalue weighted by atomic mass is 9.92. The first kappa shape index (κ1) is 23.1. The highest BCUT2D eigenvalue weighted by molar-refractivity contribution is 5.88. The summed E-state index contributed by atoms with van der Waals surface area (Å²) < 4.78 is 5.87. The van der Waals surface area contributed by atoms with E-state index in [0.29, 0.717) is 6.04 Å². The number of pyridine rings is 1. The SMILES string of the molecule is CCCCN1CCCC[C@H]1c1cccnc1N(C(=O)OC(C)(C)C)C1CCCCC1. The van der Waals surface area contributed by atoms with Gasteiger partial charge in [-0.15, -0.1) is 0 Å². The largest absolute Gasteiger partial charge is 0.443 e. The van der Waals surface area contributed by atoms with Crippen LogP contribution < -0.4 is 4.90 Å². The second kappa shape index (κ2) is 10.6. The van der Waals surface area contributed by atoms with Crippen LogP contribution in [0, 0.1) is 0 Å². The third-order valence-electron chi connectivity index (χ3n) is 6.35. The molecule has 2 heterocycles. The van der Waals surface area contributed by atoms with E-state index >= 15 is 0 Å². The van der Waals surface area contributed by atoms with Gasteiger partial charge in [-0.25, -0.2) is 9.78 Å². The molecule has 1 aliphatic heterocycles. The van der Waals surface area contributed by atoms with Crippen LogP contribution in [-0.4, -0.2) is 40.7 Å². The van der Waals surface area contributed by atoms with Crippen molar-refractivity contribution in [2.75, 3.05) is 18.0 Å². The highest BCUT2D eigenvalue weighted by Crippen LogP contribution is 2.38. The van der Waals surface area contributed by atoms with Crippen LogP contribution in [0.15, 0.2) is 18.3 Å². The maximum atomic E-state index is 13.4. The first-order valence-electron chi connectivity index (χ1n) is 12.1. The van der Waals surface area contributed by atoms with Gasteiger partial charge in [0, 0.05) is 23.8 Å². The highest BCUT2D eigenvalue weighted by Gasteiger charge is 2.35. The van der Waals surface area contributed by atoms with Crippen LogP contribution in [0.3, 0.4) is 0 Å². The van der Waals surface area contributed by atoms with E-state index in [1.54, 1.807) is 0 Å². The van der Waals surface area contributed by atoms with Crippen molar-refractivity contribution >= 4 is 11.9 Å². The molecule has 0 bridgehead atoms. The maximum absolute atomic E-state index is 13.4. The summed E-state index contributed by atoms with van der Waals surface area (Å²) in [4.78, 5) is 22.7. The molecule has 5 heteroatoms. The van der Waals surface area contributed by atoms with E-state index in [2.05, 4.69) is 17.9 Å². The van der Waals surface area contributed by atoms with Gasteiger partial charge in [0.2, 0.25) is 0 Å². The Hall–Kier alpha value is -1.62. The van der Waals surface area contributed by atoms with E-state index in [1.807, 2.05) is 37.9 Å². The van der Waals surface area contributed by atoms with Crippen LogP contribution in [0.5, 0.6) is 0 Å². The first-order valence-corrected chi connectivity index (χ1v) is 12.1. The number of amides is 1. The highest BCUT2D eigenvalue weighted by atomic mass is 16.6. The van der Waals surface area contributed by atoms with E-state index in [4.69, 9.17) is 9.72 Å². The predicted molar refractivity (Wildman–Crippen MR) is 123 cm³/mol. The zero-order chi connectivity index (χ0) is 21.6. The lowest BCUT2D eigenvalue weighted by Gasteiger charge is -2.40. The third kappa shape index (κ3) is 5.96. The number of rotatable bonds is 6. The molecular formula is C25H41N3O2. The number of carbonyl (C=O) groups is 1. The van der Waals surface area contributed by atoms with Gasteiger partial charge in [0.1, 0.15) is 11.4 Å². The Labute approximate surface area is 183 Å². The molecule has 1 saturated heterocycles. The molecule has 2 aliphatic rings. The van der Waals surface area contributed by atoms with E-state index in [1.165, 1.54) is 37.7 Å². The Kier molecular flexibility index (Phi) is 8.15. The van der Waals surface area contributed by atoms with Crippen molar-refractivity contribution in [1.29, 1.82) is 0 Å². The number of unbranched alkanes of at least 4 members (excludes halogenated alkanes) is 1. The molecule has 3 rings (SSSR count). The monoisotopic (exact) mass is 415 g/mol. The quantitative estimate of drug-likeness (QED) is 0.533. The van der Waals surface area contributed by atoms with E-state index in [9.17, 15) is 4.79 Å². The van der Waals surface area contributed by atoms with Crippen molar-refractivity contribution < 1.29 is 9.53 Å². The summed E-state index contributed by atoms with van der Waals surface area (Å²) in [5, 5.41) is 0. The van der Waals surface area contributed by atoms with Gasteiger partial charge in [0.15, 0.2) is 0 Å². The average Bonchev–Trinajstić information content (AvgIpc) is 2.72. The van der Waals surface area contributed by atoms with Crippen molar-refractivity contribution in [1.82, 2.24) is 9.88 Å². The van der Waals surface area contributed by atoms with Gasteiger partial charge >= 0.3 is 6.09 Å². The summed E-state index contributed by atoms with van der Waals surface area (Å²) in [5.41, 5.74) is 0.682. The molecule has 1 saturated carbocycles. The molecule has 0 unspecified atom stereocenters. The Bertz CT molecular complexity index is 679. The zero-order valence-electron chi connectivity index (χ0n) is 19.5. The molecule has 1 atom stereocenters. The lowest BCUT2D eigenvalue weighted by Crippen LogP contribution is -2.46. The van der Waals surface area contributed by atoms with Crippen LogP contribution in [0.1, 0.15) is 104 Å². The Morgan fingerprint density at radius 2 is 1.90 bits per heavy atom. The van der Waals surface area contributed by atoms with Crippen LogP contribution >= 0.6 is 0 Å². The molecule has 0 N–H and O–H groups in total. The molecule has 1 aliphatic carbocycles. The number of carbonyl (C=O) groups excluding carboxylic acids is 1. The molecule has 2 fully saturated rings. The van der Waals surface area contributed by atoms with Crippen LogP contribution in [0.4, 0.5) is 10.6 Å². The van der Waals surface area contributed by atoms with Gasteiger partial charge in [-0.05, 0) is 72.0 Å². The van der Waals surface area contributed by atoms with Gasteiger partial charge in [0.05, 0.1) is 0 Å². The Morgan fingerprint density at radius 3 is 2.60 bits per heavy atom. The fourth-order valence-corrected chi connectivity index (χ4v) is 4.90. The second-order valence-electron chi connectivity index (χ2n) is 9.96. The van der Waals surface area contributed by atoms with Crippen molar-refractivity contribution in [3.63, 3.8) is 0 Å². The molecule has 168 valence electrons. The van der Waals surface area contributed by atoms with Crippen molar-refractivity contribution in [3.8, 4) is 0 Å². The molecule has 30 heavy (non-hydrogen) atoms. The average molecular weight is 416 g/mol. The number of aromatic nitrogens is 1. The fourth-order valence-electron chi connectivity index (χ4n) is 4.90. The van der Waals surface area contributed by atoms with Crippen LogP contribution in [-0.2, 0) is 4.74 Å². The van der Waals surface area contributed by atoms with Gasteiger partial charge in [-0.2, -0.15) is 0 Å². The number of likely N-dealkylation sites (tertiary alicyclic amines) is 1. The number of nitrogens with zero attached hydrogens (tertiary/aromatic N) is 3. The van der Waals surface area contributed by atoms with Crippen molar-refractivity contribution in [2.45, 2.75) is 110 Å². The molecule has 5 nitrogen and oxygen atoms in total. The van der Waals surface area contributed by atoms with Gasteiger partial charge in [0.25, 0.3) is 0 Å². The summed E-state index contributed by atoms with van der Waals surface area (Å²) in [6.07, 6.45) is 13.3. The summed E-state index contributed by atoms with van der Waals surface area (Å²) >= 11 is 0. The number of piperidine rings is 1. The maximum Gasteiger partial charge on any atom is 0.416 e. The van der Waals surface area contributed by atoms with Crippen LogP contribution in [0.25, 0.3) is 0 Å². The van der Waals surface area contributed by atoms with E-state index in [0.717, 1.165) is 51.0 Å². The van der Waals surface area contributed by atoms with Crippen molar-refractivity contribution in [3.05, 3.63) is 23.9 Å². The molecule has 0 aromatic carbocycles. The molecule has 1 aromatic rings. The number of hydrogen-bond acceptors (Lipinski definition) is 4. The Morgan fingerprint density at radius 1 is 1.17 bits per heavy atom. The summed E-state index contributed by atoms with van der Waals surface area (Å²) in [7, 11) is 0. The molecule has 0 radical (unpaired) electrons. The minimum Gasteiger partial charge on any atom is -0.443 e. The normalized spacial score (nSPS) is 21.4. The van der Waals surface area contributed by atoms with Gasteiger partial charge < -0.3 is 4.74 Å². The fraction of sp³-hybridized carbons (Fsp3) is 0.760. The molecular weight excluding hydrogens is 374 g/mol. The summed E-state index contributed by atoms with van der Waals surface area (Å²) in [6.45, 7) is 10.3. The zero-order valence-corrected chi connectivity index (χ0v) is 19.5.